The van der Waals surface area contributed by atoms with Crippen LogP contribution in [0.3, 0.4) is 0 Å². The molecule has 2 rings (SSSR count). The summed E-state index contributed by atoms with van der Waals surface area (Å²) in [5.74, 6) is -1.54. The van der Waals surface area contributed by atoms with Crippen molar-refractivity contribution in [2.75, 3.05) is 5.32 Å². The summed E-state index contributed by atoms with van der Waals surface area (Å²) in [5.41, 5.74) is 0.0583. The molecule has 0 bridgehead atoms. The molecule has 22 heavy (non-hydrogen) atoms. The van der Waals surface area contributed by atoms with E-state index >= 15 is 0 Å². The third kappa shape index (κ3) is 3.95. The fraction of sp³-hybridized carbons (Fsp3) is 0.188. The Morgan fingerprint density at radius 3 is 2.32 bits per heavy atom. The molecule has 2 amide bonds. The molecule has 0 aromatic heterocycles. The first-order chi connectivity index (χ1) is 10.3. The van der Waals surface area contributed by atoms with Crippen LogP contribution < -0.4 is 10.6 Å². The smallest absolute Gasteiger partial charge is 0.320 e. The summed E-state index contributed by atoms with van der Waals surface area (Å²) in [6.07, 6.45) is 0. The number of hydrogen-bond donors (Lipinski definition) is 2. The predicted octanol–water partition coefficient (Wildman–Crippen LogP) is 4.68. The normalized spacial score (nSPS) is 11.1. The third-order valence-corrected chi connectivity index (χ3v) is 3.42. The zero-order chi connectivity index (χ0) is 16.3. The fourth-order valence-corrected chi connectivity index (χ4v) is 2.09. The Morgan fingerprint density at radius 1 is 1.09 bits per heavy atom. The molecule has 116 valence electrons. The van der Waals surface area contributed by atoms with Gasteiger partial charge in [0.15, 0.2) is 0 Å². The number of urea groups is 1. The number of benzene rings is 2. The molecule has 0 spiro atoms. The molecule has 0 aliphatic carbocycles. The van der Waals surface area contributed by atoms with Gasteiger partial charge in [0.05, 0.1) is 11.2 Å². The van der Waals surface area contributed by atoms with Crippen molar-refractivity contribution in [1.29, 1.82) is 0 Å². The fourth-order valence-electron chi connectivity index (χ4n) is 1.97. The van der Waals surface area contributed by atoms with Crippen LogP contribution in [0.15, 0.2) is 42.5 Å². The van der Waals surface area contributed by atoms with E-state index in [-0.39, 0.29) is 5.69 Å². The minimum atomic E-state index is -0.834. The molecule has 0 atom stereocenters. The number of carbonyl (C=O) groups is 1. The highest BCUT2D eigenvalue weighted by atomic mass is 35.5. The van der Waals surface area contributed by atoms with Gasteiger partial charge < -0.3 is 10.6 Å². The summed E-state index contributed by atoms with van der Waals surface area (Å²) >= 11 is 5.83. The van der Waals surface area contributed by atoms with Crippen LogP contribution in [0.25, 0.3) is 0 Å². The van der Waals surface area contributed by atoms with E-state index in [0.29, 0.717) is 11.1 Å². The Hall–Kier alpha value is -2.14. The summed E-state index contributed by atoms with van der Waals surface area (Å²) in [7, 11) is 0. The standard InChI is InChI=1S/C16H15ClF2N2O/c1-16(2,10-3-5-11(17)6-4-10)21-15(22)20-14-8-7-12(18)9-13(14)19/h3-9H,1-2H3,(H2,20,21,22). The van der Waals surface area contributed by atoms with Crippen molar-refractivity contribution in [3.8, 4) is 0 Å². The third-order valence-electron chi connectivity index (χ3n) is 3.17. The van der Waals surface area contributed by atoms with E-state index in [1.165, 1.54) is 6.07 Å². The largest absolute Gasteiger partial charge is 0.329 e. The number of amides is 2. The summed E-state index contributed by atoms with van der Waals surface area (Å²) < 4.78 is 26.3. The van der Waals surface area contributed by atoms with Gasteiger partial charge in [-0.1, -0.05) is 23.7 Å². The Labute approximate surface area is 132 Å². The number of hydrogen-bond acceptors (Lipinski definition) is 1. The van der Waals surface area contributed by atoms with Crippen molar-refractivity contribution in [3.05, 3.63) is 64.7 Å². The van der Waals surface area contributed by atoms with Crippen molar-refractivity contribution in [1.82, 2.24) is 5.32 Å². The van der Waals surface area contributed by atoms with Crippen LogP contribution in [0.1, 0.15) is 19.4 Å². The van der Waals surface area contributed by atoms with Crippen LogP contribution in [0.4, 0.5) is 19.3 Å². The zero-order valence-electron chi connectivity index (χ0n) is 12.1. The highest BCUT2D eigenvalue weighted by molar-refractivity contribution is 6.30. The number of rotatable bonds is 3. The quantitative estimate of drug-likeness (QED) is 0.846. The van der Waals surface area contributed by atoms with Crippen molar-refractivity contribution < 1.29 is 13.6 Å². The van der Waals surface area contributed by atoms with Gasteiger partial charge in [-0.15, -0.1) is 0 Å². The lowest BCUT2D eigenvalue weighted by Crippen LogP contribution is -2.43. The summed E-state index contributed by atoms with van der Waals surface area (Å²) in [5, 5.41) is 5.68. The highest BCUT2D eigenvalue weighted by Crippen LogP contribution is 2.22. The Bertz CT molecular complexity index is 687. The van der Waals surface area contributed by atoms with E-state index in [0.717, 1.165) is 11.6 Å². The maximum absolute atomic E-state index is 13.5. The first-order valence-electron chi connectivity index (χ1n) is 6.58. The monoisotopic (exact) mass is 324 g/mol. The lowest BCUT2D eigenvalue weighted by molar-refractivity contribution is 0.241. The van der Waals surface area contributed by atoms with Crippen molar-refractivity contribution in [2.45, 2.75) is 19.4 Å². The molecule has 6 heteroatoms. The van der Waals surface area contributed by atoms with Gasteiger partial charge in [0.2, 0.25) is 0 Å². The van der Waals surface area contributed by atoms with Crippen LogP contribution in [-0.2, 0) is 5.54 Å². The second kappa shape index (κ2) is 6.32. The molecule has 0 saturated carbocycles. The molecule has 3 nitrogen and oxygen atoms in total. The molecule has 2 N–H and O–H groups in total. The van der Waals surface area contributed by atoms with Gasteiger partial charge in [-0.25, -0.2) is 13.6 Å². The maximum atomic E-state index is 13.5. The molecular formula is C16H15ClF2N2O. The molecule has 0 fully saturated rings. The Morgan fingerprint density at radius 2 is 1.73 bits per heavy atom. The SMILES string of the molecule is CC(C)(NC(=O)Nc1ccc(F)cc1F)c1ccc(Cl)cc1. The highest BCUT2D eigenvalue weighted by Gasteiger charge is 2.23. The lowest BCUT2D eigenvalue weighted by Gasteiger charge is -2.27. The van der Waals surface area contributed by atoms with E-state index in [1.54, 1.807) is 38.1 Å². The van der Waals surface area contributed by atoms with E-state index in [4.69, 9.17) is 11.6 Å². The average molecular weight is 325 g/mol. The molecule has 0 aliphatic heterocycles. The Kier molecular flexibility index (Phi) is 4.66. The van der Waals surface area contributed by atoms with Crippen LogP contribution >= 0.6 is 11.6 Å². The molecule has 2 aromatic rings. The number of halogens is 3. The van der Waals surface area contributed by atoms with E-state index in [1.807, 2.05) is 0 Å². The molecule has 0 radical (unpaired) electrons. The first-order valence-corrected chi connectivity index (χ1v) is 6.96. The second-order valence-corrected chi connectivity index (χ2v) is 5.77. The van der Waals surface area contributed by atoms with E-state index in [9.17, 15) is 13.6 Å². The van der Waals surface area contributed by atoms with E-state index in [2.05, 4.69) is 10.6 Å². The minimum Gasteiger partial charge on any atom is -0.329 e. The van der Waals surface area contributed by atoms with E-state index < -0.39 is 23.2 Å². The number of nitrogens with one attached hydrogen (secondary N) is 2. The predicted molar refractivity (Wildman–Crippen MR) is 83.0 cm³/mol. The van der Waals surface area contributed by atoms with Crippen molar-refractivity contribution >= 4 is 23.3 Å². The van der Waals surface area contributed by atoms with Gasteiger partial charge in [0, 0.05) is 11.1 Å². The lowest BCUT2D eigenvalue weighted by atomic mass is 9.94. The molecule has 0 saturated heterocycles. The topological polar surface area (TPSA) is 41.1 Å². The van der Waals surface area contributed by atoms with Gasteiger partial charge in [-0.2, -0.15) is 0 Å². The van der Waals surface area contributed by atoms with Crippen molar-refractivity contribution in [3.63, 3.8) is 0 Å². The van der Waals surface area contributed by atoms with Crippen molar-refractivity contribution in [2.24, 2.45) is 0 Å². The van der Waals surface area contributed by atoms with Crippen LogP contribution in [0.5, 0.6) is 0 Å². The van der Waals surface area contributed by atoms with Gasteiger partial charge >= 0.3 is 6.03 Å². The number of carbonyl (C=O) groups excluding carboxylic acids is 1. The van der Waals surface area contributed by atoms with Gasteiger partial charge in [-0.05, 0) is 43.7 Å². The first kappa shape index (κ1) is 16.2. The van der Waals surface area contributed by atoms with Crippen LogP contribution in [0.2, 0.25) is 5.02 Å². The second-order valence-electron chi connectivity index (χ2n) is 5.34. The molecule has 0 heterocycles. The number of anilines is 1. The molecule has 2 aromatic carbocycles. The van der Waals surface area contributed by atoms with Gasteiger partial charge in [-0.3, -0.25) is 0 Å². The summed E-state index contributed by atoms with van der Waals surface area (Å²) in [6.45, 7) is 3.60. The van der Waals surface area contributed by atoms with Crippen LogP contribution in [-0.4, -0.2) is 6.03 Å². The Balaban J connectivity index is 2.08. The molecule has 0 unspecified atom stereocenters. The maximum Gasteiger partial charge on any atom is 0.320 e. The molecular weight excluding hydrogens is 310 g/mol. The summed E-state index contributed by atoms with van der Waals surface area (Å²) in [6, 6.07) is 9.38. The van der Waals surface area contributed by atoms with Crippen LogP contribution in [0, 0.1) is 11.6 Å². The van der Waals surface area contributed by atoms with Gasteiger partial charge in [0.1, 0.15) is 11.6 Å². The molecule has 0 aliphatic rings. The summed E-state index contributed by atoms with van der Waals surface area (Å²) in [4.78, 5) is 12.0. The van der Waals surface area contributed by atoms with Gasteiger partial charge in [0.25, 0.3) is 0 Å². The average Bonchev–Trinajstić information content (AvgIpc) is 2.42. The minimum absolute atomic E-state index is 0.0918. The zero-order valence-corrected chi connectivity index (χ0v) is 12.8.